The van der Waals surface area contributed by atoms with E-state index in [-0.39, 0.29) is 18.5 Å². The normalized spacial score (nSPS) is 12.8. The monoisotopic (exact) mass is 984 g/mol. The number of aliphatic hydroxyl groups is 2. The van der Waals surface area contributed by atoms with Crippen LogP contribution in [0.3, 0.4) is 0 Å². The molecule has 2 atom stereocenters. The summed E-state index contributed by atoms with van der Waals surface area (Å²) >= 11 is 0. The van der Waals surface area contributed by atoms with Gasteiger partial charge in [0.15, 0.2) is 0 Å². The summed E-state index contributed by atoms with van der Waals surface area (Å²) in [6.45, 7) is 4.87. The van der Waals surface area contributed by atoms with Crippen LogP contribution in [0.1, 0.15) is 335 Å². The molecular formula is C64H121NO5. The molecule has 0 saturated heterocycles. The molecule has 0 radical (unpaired) electrons. The molecule has 6 heteroatoms. The molecule has 0 aliphatic carbocycles. The van der Waals surface area contributed by atoms with Crippen molar-refractivity contribution in [3.05, 3.63) is 36.5 Å². The Labute approximate surface area is 436 Å². The van der Waals surface area contributed by atoms with Crippen molar-refractivity contribution in [2.24, 2.45) is 0 Å². The van der Waals surface area contributed by atoms with Gasteiger partial charge in [0.05, 0.1) is 25.4 Å². The molecule has 0 heterocycles. The van der Waals surface area contributed by atoms with Gasteiger partial charge in [-0.25, -0.2) is 0 Å². The minimum atomic E-state index is -0.880. The molecule has 0 aromatic rings. The molecule has 0 aromatic heterocycles. The Morgan fingerprint density at radius 1 is 0.400 bits per heavy atom. The van der Waals surface area contributed by atoms with Crippen molar-refractivity contribution in [2.45, 2.75) is 347 Å². The van der Waals surface area contributed by atoms with Crippen molar-refractivity contribution in [1.82, 2.24) is 5.32 Å². The van der Waals surface area contributed by atoms with Crippen molar-refractivity contribution in [1.29, 1.82) is 0 Å². The van der Waals surface area contributed by atoms with Crippen molar-refractivity contribution in [3.63, 3.8) is 0 Å². The molecule has 70 heavy (non-hydrogen) atoms. The first-order valence-electron chi connectivity index (χ1n) is 31.3. The van der Waals surface area contributed by atoms with E-state index in [1.54, 1.807) is 6.08 Å². The Hall–Kier alpha value is -1.92. The number of allylic oxidation sites excluding steroid dienone is 5. The van der Waals surface area contributed by atoms with Crippen molar-refractivity contribution in [3.8, 4) is 0 Å². The van der Waals surface area contributed by atoms with Crippen LogP contribution in [0.15, 0.2) is 36.5 Å². The zero-order valence-electron chi connectivity index (χ0n) is 47.0. The molecule has 2 unspecified atom stereocenters. The highest BCUT2D eigenvalue weighted by Crippen LogP contribution is 2.18. The number of amides is 1. The van der Waals surface area contributed by atoms with Gasteiger partial charge in [0.1, 0.15) is 0 Å². The zero-order chi connectivity index (χ0) is 50.7. The van der Waals surface area contributed by atoms with E-state index in [0.717, 1.165) is 51.4 Å². The number of nitrogens with one attached hydrogen (secondary N) is 1. The van der Waals surface area contributed by atoms with Gasteiger partial charge in [-0.2, -0.15) is 0 Å². The van der Waals surface area contributed by atoms with Crippen LogP contribution in [0.5, 0.6) is 0 Å². The largest absolute Gasteiger partial charge is 0.466 e. The van der Waals surface area contributed by atoms with Gasteiger partial charge in [-0.3, -0.25) is 9.59 Å². The number of carbonyl (C=O) groups is 2. The first kappa shape index (κ1) is 68.1. The molecule has 0 rings (SSSR count). The number of rotatable bonds is 58. The van der Waals surface area contributed by atoms with Gasteiger partial charge in [-0.15, -0.1) is 0 Å². The second-order valence-corrected chi connectivity index (χ2v) is 21.4. The number of hydrogen-bond donors (Lipinski definition) is 3. The fourth-order valence-electron chi connectivity index (χ4n) is 9.63. The Morgan fingerprint density at radius 2 is 0.729 bits per heavy atom. The highest BCUT2D eigenvalue weighted by atomic mass is 16.5. The van der Waals surface area contributed by atoms with E-state index in [1.165, 1.54) is 250 Å². The SMILES string of the molecule is CCCCCCCCCCCCCCCCCCCCCC/C=C/C(O)C(CO)NC(=O)CC/C=C\C/C=C\CCCCCCCCOC(=O)CCCCCCCCCCCCCCCCCCCC. The van der Waals surface area contributed by atoms with E-state index >= 15 is 0 Å². The number of aliphatic hydroxyl groups excluding tert-OH is 2. The van der Waals surface area contributed by atoms with Crippen LogP contribution in [-0.2, 0) is 14.3 Å². The maximum absolute atomic E-state index is 12.5. The van der Waals surface area contributed by atoms with Crippen LogP contribution in [0.2, 0.25) is 0 Å². The molecule has 0 aliphatic rings. The predicted molar refractivity (Wildman–Crippen MR) is 306 cm³/mol. The van der Waals surface area contributed by atoms with Gasteiger partial charge in [0.25, 0.3) is 0 Å². The van der Waals surface area contributed by atoms with Gasteiger partial charge < -0.3 is 20.3 Å². The Morgan fingerprint density at radius 3 is 1.11 bits per heavy atom. The fourth-order valence-corrected chi connectivity index (χ4v) is 9.63. The van der Waals surface area contributed by atoms with Crippen molar-refractivity contribution < 1.29 is 24.5 Å². The first-order valence-corrected chi connectivity index (χ1v) is 31.3. The molecule has 0 aliphatic heterocycles. The lowest BCUT2D eigenvalue weighted by Crippen LogP contribution is -2.45. The van der Waals surface area contributed by atoms with Gasteiger partial charge in [0.2, 0.25) is 5.91 Å². The summed E-state index contributed by atoms with van der Waals surface area (Å²) in [6.07, 6.45) is 74.8. The minimum absolute atomic E-state index is 0.0136. The van der Waals surface area contributed by atoms with Gasteiger partial charge >= 0.3 is 5.97 Å². The van der Waals surface area contributed by atoms with E-state index in [2.05, 4.69) is 37.4 Å². The second-order valence-electron chi connectivity index (χ2n) is 21.4. The fraction of sp³-hybridized carbons (Fsp3) is 0.875. The summed E-state index contributed by atoms with van der Waals surface area (Å²) in [5.74, 6) is -0.159. The van der Waals surface area contributed by atoms with Crippen LogP contribution in [-0.4, -0.2) is 47.4 Å². The lowest BCUT2D eigenvalue weighted by Gasteiger charge is -2.19. The molecule has 3 N–H and O–H groups in total. The topological polar surface area (TPSA) is 95.9 Å². The molecule has 1 amide bonds. The summed E-state index contributed by atoms with van der Waals surface area (Å²) in [5, 5.41) is 23.1. The van der Waals surface area contributed by atoms with Gasteiger partial charge in [-0.05, 0) is 51.4 Å². The molecule has 0 fully saturated rings. The lowest BCUT2D eigenvalue weighted by atomic mass is 10.0. The smallest absolute Gasteiger partial charge is 0.305 e. The van der Waals surface area contributed by atoms with Crippen LogP contribution >= 0.6 is 0 Å². The average molecular weight is 985 g/mol. The molecular weight excluding hydrogens is 863 g/mol. The van der Waals surface area contributed by atoms with Crippen molar-refractivity contribution >= 4 is 11.9 Å². The Kier molecular flexibility index (Phi) is 58.0. The first-order chi connectivity index (χ1) is 34.5. The van der Waals surface area contributed by atoms with E-state index < -0.39 is 12.1 Å². The highest BCUT2D eigenvalue weighted by molar-refractivity contribution is 5.76. The number of carbonyl (C=O) groups excluding carboxylic acids is 2. The summed E-state index contributed by atoms with van der Waals surface area (Å²) in [7, 11) is 0. The molecule has 0 aromatic carbocycles. The van der Waals surface area contributed by atoms with Gasteiger partial charge in [-0.1, -0.05) is 307 Å². The number of esters is 1. The predicted octanol–water partition coefficient (Wildman–Crippen LogP) is 19.6. The van der Waals surface area contributed by atoms with E-state index in [9.17, 15) is 19.8 Å². The molecule has 0 saturated carbocycles. The molecule has 6 nitrogen and oxygen atoms in total. The maximum Gasteiger partial charge on any atom is 0.305 e. The van der Waals surface area contributed by atoms with E-state index in [4.69, 9.17) is 4.74 Å². The van der Waals surface area contributed by atoms with Crippen LogP contribution < -0.4 is 5.32 Å². The maximum atomic E-state index is 12.5. The second kappa shape index (κ2) is 59.6. The third-order valence-electron chi connectivity index (χ3n) is 14.4. The summed E-state index contributed by atoms with van der Waals surface area (Å²) in [4.78, 5) is 24.5. The summed E-state index contributed by atoms with van der Waals surface area (Å²) in [5.41, 5.74) is 0. The standard InChI is InChI=1S/C64H121NO5/c1-3-5-7-9-11-13-15-17-19-21-23-24-25-26-27-29-32-36-40-44-48-52-56-62(67)61(60-66)65-63(68)57-53-49-45-41-37-33-31-35-39-43-47-51-55-59-70-64(69)58-54-50-46-42-38-34-30-28-22-20-18-16-14-12-10-8-6-4-2/h33,37,45,49,52,56,61-62,66-67H,3-32,34-36,38-44,46-48,50-51,53-55,57-60H2,1-2H3,(H,65,68)/b37-33-,49-45-,56-52+. The number of hydrogen-bond acceptors (Lipinski definition) is 5. The Balaban J connectivity index is 3.54. The van der Waals surface area contributed by atoms with Crippen LogP contribution in [0.4, 0.5) is 0 Å². The molecule has 0 bridgehead atoms. The van der Waals surface area contributed by atoms with Crippen LogP contribution in [0, 0.1) is 0 Å². The highest BCUT2D eigenvalue weighted by Gasteiger charge is 2.17. The molecule has 412 valence electrons. The third kappa shape index (κ3) is 55.4. The third-order valence-corrected chi connectivity index (χ3v) is 14.4. The van der Waals surface area contributed by atoms with E-state index in [0.29, 0.717) is 25.9 Å². The van der Waals surface area contributed by atoms with Gasteiger partial charge in [0, 0.05) is 12.8 Å². The van der Waals surface area contributed by atoms with E-state index in [1.807, 2.05) is 12.2 Å². The quantitative estimate of drug-likeness (QED) is 0.0321. The summed E-state index contributed by atoms with van der Waals surface area (Å²) in [6, 6.07) is -0.673. The lowest BCUT2D eigenvalue weighted by molar-refractivity contribution is -0.143. The average Bonchev–Trinajstić information content (AvgIpc) is 3.36. The summed E-state index contributed by atoms with van der Waals surface area (Å²) < 4.78 is 5.48. The Bertz CT molecular complexity index is 1130. The number of unbranched alkanes of at least 4 members (excludes halogenated alkanes) is 43. The zero-order valence-corrected chi connectivity index (χ0v) is 47.0. The minimum Gasteiger partial charge on any atom is -0.466 e. The number of ether oxygens (including phenoxy) is 1. The van der Waals surface area contributed by atoms with Crippen molar-refractivity contribution in [2.75, 3.05) is 13.2 Å². The van der Waals surface area contributed by atoms with Crippen LogP contribution in [0.25, 0.3) is 0 Å². The molecule has 0 spiro atoms.